The number of nitrogens with zero attached hydrogens (tertiary/aromatic N) is 2. The third-order valence-electron chi connectivity index (χ3n) is 2.35. The van der Waals surface area contributed by atoms with Gasteiger partial charge < -0.3 is 11.1 Å². The third kappa shape index (κ3) is 3.37. The summed E-state index contributed by atoms with van der Waals surface area (Å²) in [6.07, 6.45) is 4.13. The Morgan fingerprint density at radius 1 is 1.40 bits per heavy atom. The van der Waals surface area contributed by atoms with Crippen LogP contribution in [0, 0.1) is 17.7 Å². The molecule has 0 aliphatic rings. The van der Waals surface area contributed by atoms with Crippen LogP contribution in [0.1, 0.15) is 16.1 Å². The number of benzene rings is 1. The molecule has 0 aliphatic heterocycles. The zero-order chi connectivity index (χ0) is 14.4. The number of hydrogen-bond donors (Lipinski definition) is 2. The van der Waals surface area contributed by atoms with Gasteiger partial charge in [0.05, 0.1) is 18.4 Å². The smallest absolute Gasteiger partial charge is 0.275 e. The Bertz CT molecular complexity index is 677. The van der Waals surface area contributed by atoms with E-state index in [1.165, 1.54) is 30.7 Å². The van der Waals surface area contributed by atoms with Crippen molar-refractivity contribution < 1.29 is 9.18 Å². The summed E-state index contributed by atoms with van der Waals surface area (Å²) < 4.78 is 13.8. The van der Waals surface area contributed by atoms with Crippen molar-refractivity contribution in [2.75, 3.05) is 11.9 Å². The van der Waals surface area contributed by atoms with E-state index < -0.39 is 11.7 Å². The lowest BCUT2D eigenvalue weighted by Crippen LogP contribution is -2.14. The molecule has 1 aromatic carbocycles. The number of nitrogens with one attached hydrogen (secondary N) is 1. The number of amides is 1. The van der Waals surface area contributed by atoms with Crippen LogP contribution in [0.3, 0.4) is 0 Å². The standard InChI is InChI=1S/C14H11FN4O/c15-11-8-10(2-1-5-16)3-4-12(11)19-14(20)13-9-17-6-7-18-13/h3-4,6-9H,5,16H2,(H,19,20). The van der Waals surface area contributed by atoms with Gasteiger partial charge in [-0.3, -0.25) is 9.78 Å². The fraction of sp³-hybridized carbons (Fsp3) is 0.0714. The van der Waals surface area contributed by atoms with Gasteiger partial charge in [0.1, 0.15) is 11.5 Å². The van der Waals surface area contributed by atoms with Crippen molar-refractivity contribution in [2.45, 2.75) is 0 Å². The van der Waals surface area contributed by atoms with Gasteiger partial charge in [-0.2, -0.15) is 0 Å². The minimum absolute atomic E-state index is 0.0546. The maximum Gasteiger partial charge on any atom is 0.275 e. The van der Waals surface area contributed by atoms with Crippen LogP contribution in [0.15, 0.2) is 36.8 Å². The quantitative estimate of drug-likeness (QED) is 0.803. The second-order valence-corrected chi connectivity index (χ2v) is 3.75. The summed E-state index contributed by atoms with van der Waals surface area (Å²) in [6, 6.07) is 4.26. The number of aromatic nitrogens is 2. The van der Waals surface area contributed by atoms with Crippen LogP contribution < -0.4 is 11.1 Å². The van der Waals surface area contributed by atoms with Crippen molar-refractivity contribution in [3.63, 3.8) is 0 Å². The minimum Gasteiger partial charge on any atom is -0.320 e. The van der Waals surface area contributed by atoms with Crippen LogP contribution in [0.5, 0.6) is 0 Å². The molecule has 3 N–H and O–H groups in total. The highest BCUT2D eigenvalue weighted by molar-refractivity contribution is 6.02. The molecule has 5 nitrogen and oxygen atoms in total. The first-order chi connectivity index (χ1) is 9.70. The van der Waals surface area contributed by atoms with E-state index in [2.05, 4.69) is 27.1 Å². The fourth-order valence-corrected chi connectivity index (χ4v) is 1.45. The van der Waals surface area contributed by atoms with E-state index in [1.807, 2.05) is 0 Å². The predicted octanol–water partition coefficient (Wildman–Crippen LogP) is 1.18. The monoisotopic (exact) mass is 270 g/mol. The summed E-state index contributed by atoms with van der Waals surface area (Å²) in [6.45, 7) is 0.201. The maximum absolute atomic E-state index is 13.8. The van der Waals surface area contributed by atoms with Crippen LogP contribution >= 0.6 is 0 Å². The summed E-state index contributed by atoms with van der Waals surface area (Å²) in [5, 5.41) is 2.42. The van der Waals surface area contributed by atoms with Gasteiger partial charge in [-0.15, -0.1) is 0 Å². The second-order valence-electron chi connectivity index (χ2n) is 3.75. The minimum atomic E-state index is -0.578. The van der Waals surface area contributed by atoms with E-state index in [0.29, 0.717) is 5.56 Å². The molecule has 0 unspecified atom stereocenters. The lowest BCUT2D eigenvalue weighted by Gasteiger charge is -2.05. The first kappa shape index (κ1) is 13.6. The lowest BCUT2D eigenvalue weighted by molar-refractivity contribution is 0.102. The van der Waals surface area contributed by atoms with E-state index >= 15 is 0 Å². The predicted molar refractivity (Wildman–Crippen MR) is 72.3 cm³/mol. The molecule has 0 bridgehead atoms. The van der Waals surface area contributed by atoms with E-state index in [4.69, 9.17) is 5.73 Å². The number of anilines is 1. The molecule has 6 heteroatoms. The third-order valence-corrected chi connectivity index (χ3v) is 2.35. The average Bonchev–Trinajstić information content (AvgIpc) is 2.48. The van der Waals surface area contributed by atoms with Crippen molar-refractivity contribution >= 4 is 11.6 Å². The SMILES string of the molecule is NCC#Cc1ccc(NC(=O)c2cnccn2)c(F)c1. The molecule has 1 aromatic heterocycles. The molecule has 0 radical (unpaired) electrons. The molecule has 1 heterocycles. The van der Waals surface area contributed by atoms with Crippen molar-refractivity contribution in [1.29, 1.82) is 0 Å². The highest BCUT2D eigenvalue weighted by Gasteiger charge is 2.10. The summed E-state index contributed by atoms with van der Waals surface area (Å²) in [7, 11) is 0. The number of hydrogen-bond acceptors (Lipinski definition) is 4. The van der Waals surface area contributed by atoms with Gasteiger partial charge in [-0.1, -0.05) is 11.8 Å². The van der Waals surface area contributed by atoms with Crippen molar-refractivity contribution in [1.82, 2.24) is 9.97 Å². The van der Waals surface area contributed by atoms with Crippen molar-refractivity contribution in [3.8, 4) is 11.8 Å². The number of nitrogens with two attached hydrogens (primary N) is 1. The molecule has 0 spiro atoms. The first-order valence-corrected chi connectivity index (χ1v) is 5.76. The Morgan fingerprint density at radius 2 is 2.25 bits per heavy atom. The molecule has 2 aromatic rings. The first-order valence-electron chi connectivity index (χ1n) is 5.76. The molecule has 1 amide bonds. The van der Waals surface area contributed by atoms with Crippen molar-refractivity contribution in [3.05, 3.63) is 53.9 Å². The number of carbonyl (C=O) groups excluding carboxylic acids is 1. The Kier molecular flexibility index (Phi) is 4.37. The van der Waals surface area contributed by atoms with Gasteiger partial charge in [-0.25, -0.2) is 9.37 Å². The van der Waals surface area contributed by atoms with E-state index in [1.54, 1.807) is 6.07 Å². The Morgan fingerprint density at radius 3 is 2.90 bits per heavy atom. The van der Waals surface area contributed by atoms with Crippen LogP contribution in [0.4, 0.5) is 10.1 Å². The fourth-order valence-electron chi connectivity index (χ4n) is 1.45. The van der Waals surface area contributed by atoms with E-state index in [9.17, 15) is 9.18 Å². The molecule has 2 rings (SSSR count). The van der Waals surface area contributed by atoms with E-state index in [-0.39, 0.29) is 17.9 Å². The van der Waals surface area contributed by atoms with Crippen LogP contribution in [-0.4, -0.2) is 22.4 Å². The van der Waals surface area contributed by atoms with Gasteiger partial charge in [-0.05, 0) is 18.2 Å². The van der Waals surface area contributed by atoms with Crippen LogP contribution in [0.25, 0.3) is 0 Å². The molecule has 20 heavy (non-hydrogen) atoms. The zero-order valence-electron chi connectivity index (χ0n) is 10.4. The summed E-state index contributed by atoms with van der Waals surface area (Å²) in [5.74, 6) is 4.22. The van der Waals surface area contributed by atoms with Crippen LogP contribution in [0.2, 0.25) is 0 Å². The van der Waals surface area contributed by atoms with Gasteiger partial charge in [0.15, 0.2) is 0 Å². The summed E-state index contributed by atoms with van der Waals surface area (Å²) >= 11 is 0. The van der Waals surface area contributed by atoms with E-state index in [0.717, 1.165) is 0 Å². The summed E-state index contributed by atoms with van der Waals surface area (Å²) in [4.78, 5) is 19.4. The molecular weight excluding hydrogens is 259 g/mol. The lowest BCUT2D eigenvalue weighted by atomic mass is 10.2. The highest BCUT2D eigenvalue weighted by atomic mass is 19.1. The average molecular weight is 270 g/mol. The van der Waals surface area contributed by atoms with Crippen molar-refractivity contribution in [2.24, 2.45) is 5.73 Å². The Hall–Kier alpha value is -2.78. The number of halogens is 1. The molecule has 0 fully saturated rings. The Balaban J connectivity index is 2.16. The second kappa shape index (κ2) is 6.41. The zero-order valence-corrected chi connectivity index (χ0v) is 10.4. The van der Waals surface area contributed by atoms with Gasteiger partial charge in [0.2, 0.25) is 0 Å². The van der Waals surface area contributed by atoms with Crippen LogP contribution in [-0.2, 0) is 0 Å². The Labute approximate surface area is 115 Å². The van der Waals surface area contributed by atoms with Gasteiger partial charge in [0, 0.05) is 18.0 Å². The maximum atomic E-state index is 13.8. The molecule has 0 saturated heterocycles. The topological polar surface area (TPSA) is 80.9 Å². The normalized spacial score (nSPS) is 9.50. The molecule has 100 valence electrons. The van der Waals surface area contributed by atoms with Gasteiger partial charge in [0.25, 0.3) is 5.91 Å². The number of carbonyl (C=O) groups is 1. The molecule has 0 atom stereocenters. The molecule has 0 aliphatic carbocycles. The summed E-state index contributed by atoms with van der Waals surface area (Å²) in [5.41, 5.74) is 5.89. The highest BCUT2D eigenvalue weighted by Crippen LogP contribution is 2.16. The molecule has 0 saturated carbocycles. The molecular formula is C14H11FN4O. The number of rotatable bonds is 2. The largest absolute Gasteiger partial charge is 0.320 e. The van der Waals surface area contributed by atoms with Gasteiger partial charge >= 0.3 is 0 Å².